The maximum absolute atomic E-state index is 12.7. The summed E-state index contributed by atoms with van der Waals surface area (Å²) < 4.78 is 14.6. The van der Waals surface area contributed by atoms with E-state index in [1.165, 1.54) is 0 Å². The summed E-state index contributed by atoms with van der Waals surface area (Å²) in [5.74, 6) is 0.777. The van der Waals surface area contributed by atoms with Gasteiger partial charge in [-0.15, -0.1) is 0 Å². The lowest BCUT2D eigenvalue weighted by molar-refractivity contribution is 0.0680. The molecule has 3 aromatic heterocycles. The number of aromatic nitrogens is 4. The third-order valence-corrected chi connectivity index (χ3v) is 6.28. The largest absolute Gasteiger partial charge is 0.497 e. The molecule has 1 unspecified atom stereocenters. The SMILES string of the molecule is COc1ccc(C(C)OC(=O)N2CCN(c3cnn4cc(-c5cnn(C)c5)ccc34)CC2)cc1. The second-order valence-corrected chi connectivity index (χ2v) is 8.45. The van der Waals surface area contributed by atoms with E-state index in [1.807, 2.05) is 67.5 Å². The number of carbonyl (C=O) groups excluding carboxylic acids is 1. The number of carbonyl (C=O) groups is 1. The van der Waals surface area contributed by atoms with Crippen molar-refractivity contribution < 1.29 is 14.3 Å². The highest BCUT2D eigenvalue weighted by Gasteiger charge is 2.25. The molecular weight excluding hydrogens is 432 g/mol. The zero-order valence-corrected chi connectivity index (χ0v) is 19.6. The minimum Gasteiger partial charge on any atom is -0.497 e. The Morgan fingerprint density at radius 3 is 2.38 bits per heavy atom. The number of pyridine rings is 1. The summed E-state index contributed by atoms with van der Waals surface area (Å²) in [4.78, 5) is 16.8. The summed E-state index contributed by atoms with van der Waals surface area (Å²) in [5, 5.41) is 8.81. The van der Waals surface area contributed by atoms with Gasteiger partial charge in [-0.05, 0) is 30.7 Å². The standard InChI is InChI=1S/C25H28N6O3/c1-18(19-4-7-22(33-3)8-5-19)34-25(32)30-12-10-29(11-13-30)24-15-27-31-17-20(6-9-23(24)31)21-14-26-28(2)16-21/h4-9,14-18H,10-13H2,1-3H3. The van der Waals surface area contributed by atoms with Gasteiger partial charge >= 0.3 is 6.09 Å². The van der Waals surface area contributed by atoms with Gasteiger partial charge in [-0.3, -0.25) is 4.68 Å². The third kappa shape index (κ3) is 4.28. The van der Waals surface area contributed by atoms with Gasteiger partial charge < -0.3 is 19.3 Å². The van der Waals surface area contributed by atoms with Crippen LogP contribution >= 0.6 is 0 Å². The number of amides is 1. The second kappa shape index (κ2) is 9.09. The molecule has 1 saturated heterocycles. The van der Waals surface area contributed by atoms with E-state index in [-0.39, 0.29) is 12.2 Å². The number of nitrogens with zero attached hydrogens (tertiary/aromatic N) is 6. The minimum absolute atomic E-state index is 0.288. The van der Waals surface area contributed by atoms with E-state index < -0.39 is 0 Å². The van der Waals surface area contributed by atoms with Crippen molar-refractivity contribution in [2.45, 2.75) is 13.0 Å². The molecule has 4 aromatic rings. The molecule has 0 N–H and O–H groups in total. The first-order valence-electron chi connectivity index (χ1n) is 11.3. The summed E-state index contributed by atoms with van der Waals surface area (Å²) in [6, 6.07) is 11.7. The number of hydrogen-bond acceptors (Lipinski definition) is 6. The summed E-state index contributed by atoms with van der Waals surface area (Å²) in [6.45, 7) is 4.52. The topological polar surface area (TPSA) is 77.1 Å². The molecule has 9 nitrogen and oxygen atoms in total. The fourth-order valence-electron chi connectivity index (χ4n) is 4.25. The summed E-state index contributed by atoms with van der Waals surface area (Å²) >= 11 is 0. The van der Waals surface area contributed by atoms with E-state index in [0.29, 0.717) is 13.1 Å². The summed E-state index contributed by atoms with van der Waals surface area (Å²) in [5.41, 5.74) is 5.16. The van der Waals surface area contributed by atoms with Crippen LogP contribution in [0.15, 0.2) is 61.2 Å². The number of fused-ring (bicyclic) bond motifs is 1. The van der Waals surface area contributed by atoms with Crippen molar-refractivity contribution in [3.05, 3.63) is 66.7 Å². The molecule has 4 heterocycles. The summed E-state index contributed by atoms with van der Waals surface area (Å²) in [6.07, 6.45) is 7.12. The molecule has 0 radical (unpaired) electrons. The van der Waals surface area contributed by atoms with Crippen molar-refractivity contribution in [2.24, 2.45) is 7.05 Å². The fraction of sp³-hybridized carbons (Fsp3) is 0.320. The molecule has 0 bridgehead atoms. The Balaban J connectivity index is 1.21. The van der Waals surface area contributed by atoms with Crippen LogP contribution in [0, 0.1) is 0 Å². The fourth-order valence-corrected chi connectivity index (χ4v) is 4.25. The van der Waals surface area contributed by atoms with Crippen LogP contribution in [0.25, 0.3) is 16.6 Å². The maximum atomic E-state index is 12.7. The van der Waals surface area contributed by atoms with Gasteiger partial charge in [0.1, 0.15) is 11.9 Å². The first-order valence-corrected chi connectivity index (χ1v) is 11.3. The lowest BCUT2D eigenvalue weighted by atomic mass is 10.1. The van der Waals surface area contributed by atoms with Crippen LogP contribution in [0.4, 0.5) is 10.5 Å². The van der Waals surface area contributed by atoms with Crippen LogP contribution in [-0.2, 0) is 11.8 Å². The zero-order valence-electron chi connectivity index (χ0n) is 19.6. The third-order valence-electron chi connectivity index (χ3n) is 6.28. The molecule has 1 aliphatic rings. The van der Waals surface area contributed by atoms with Gasteiger partial charge in [-0.25, -0.2) is 9.31 Å². The van der Waals surface area contributed by atoms with Gasteiger partial charge in [0.15, 0.2) is 0 Å². The van der Waals surface area contributed by atoms with Gasteiger partial charge in [0.05, 0.1) is 30.7 Å². The average Bonchev–Trinajstić information content (AvgIpc) is 3.50. The van der Waals surface area contributed by atoms with Crippen LogP contribution in [0.3, 0.4) is 0 Å². The molecule has 9 heteroatoms. The molecule has 34 heavy (non-hydrogen) atoms. The Labute approximate surface area is 198 Å². The molecule has 176 valence electrons. The van der Waals surface area contributed by atoms with Crippen molar-refractivity contribution in [2.75, 3.05) is 38.2 Å². The van der Waals surface area contributed by atoms with E-state index in [2.05, 4.69) is 27.2 Å². The zero-order chi connectivity index (χ0) is 23.7. The molecule has 1 fully saturated rings. The van der Waals surface area contributed by atoms with E-state index >= 15 is 0 Å². The van der Waals surface area contributed by atoms with Crippen LogP contribution < -0.4 is 9.64 Å². The van der Waals surface area contributed by atoms with Crippen molar-refractivity contribution >= 4 is 17.3 Å². The predicted octanol–water partition coefficient (Wildman–Crippen LogP) is 3.76. The second-order valence-electron chi connectivity index (χ2n) is 8.45. The van der Waals surface area contributed by atoms with E-state index in [9.17, 15) is 4.79 Å². The number of benzene rings is 1. The number of ether oxygens (including phenoxy) is 2. The Hall–Kier alpha value is -4.01. The van der Waals surface area contributed by atoms with E-state index in [1.54, 1.807) is 16.7 Å². The first kappa shape index (κ1) is 21.8. The molecule has 5 rings (SSSR count). The Morgan fingerprint density at radius 1 is 0.941 bits per heavy atom. The van der Waals surface area contributed by atoms with Gasteiger partial charge in [0.25, 0.3) is 0 Å². The molecule has 0 aliphatic carbocycles. The monoisotopic (exact) mass is 460 g/mol. The van der Waals surface area contributed by atoms with Crippen LogP contribution in [-0.4, -0.2) is 63.7 Å². The van der Waals surface area contributed by atoms with Gasteiger partial charge in [0, 0.05) is 56.7 Å². The molecule has 0 saturated carbocycles. The number of anilines is 1. The highest BCUT2D eigenvalue weighted by molar-refractivity contribution is 5.76. The normalized spacial score (nSPS) is 14.9. The number of rotatable bonds is 5. The molecule has 0 spiro atoms. The quantitative estimate of drug-likeness (QED) is 0.451. The van der Waals surface area contributed by atoms with E-state index in [0.717, 1.165) is 46.7 Å². The predicted molar refractivity (Wildman–Crippen MR) is 129 cm³/mol. The molecule has 1 amide bonds. The Kier molecular flexibility index (Phi) is 5.83. The molecular formula is C25H28N6O3. The van der Waals surface area contributed by atoms with Gasteiger partial charge in [-0.1, -0.05) is 18.2 Å². The highest BCUT2D eigenvalue weighted by atomic mass is 16.6. The van der Waals surface area contributed by atoms with Crippen LogP contribution in [0.1, 0.15) is 18.6 Å². The molecule has 1 aromatic carbocycles. The Morgan fingerprint density at radius 2 is 1.71 bits per heavy atom. The Bertz CT molecular complexity index is 1290. The van der Waals surface area contributed by atoms with Crippen molar-refractivity contribution in [1.82, 2.24) is 24.3 Å². The maximum Gasteiger partial charge on any atom is 0.410 e. The average molecular weight is 461 g/mol. The highest BCUT2D eigenvalue weighted by Crippen LogP contribution is 2.27. The van der Waals surface area contributed by atoms with Crippen molar-refractivity contribution in [1.29, 1.82) is 0 Å². The smallest absolute Gasteiger partial charge is 0.410 e. The molecule has 1 atom stereocenters. The van der Waals surface area contributed by atoms with E-state index in [4.69, 9.17) is 9.47 Å². The lowest BCUT2D eigenvalue weighted by Crippen LogP contribution is -2.49. The van der Waals surface area contributed by atoms with Crippen LogP contribution in [0.2, 0.25) is 0 Å². The van der Waals surface area contributed by atoms with Crippen molar-refractivity contribution in [3.63, 3.8) is 0 Å². The number of methoxy groups -OCH3 is 1. The van der Waals surface area contributed by atoms with Crippen molar-refractivity contribution in [3.8, 4) is 16.9 Å². The van der Waals surface area contributed by atoms with Gasteiger partial charge in [0.2, 0.25) is 0 Å². The molecule has 1 aliphatic heterocycles. The number of aryl methyl sites for hydroxylation is 1. The number of piperazine rings is 1. The lowest BCUT2D eigenvalue weighted by Gasteiger charge is -2.35. The van der Waals surface area contributed by atoms with Crippen LogP contribution in [0.5, 0.6) is 5.75 Å². The van der Waals surface area contributed by atoms with Gasteiger partial charge in [-0.2, -0.15) is 10.2 Å². The minimum atomic E-state index is -0.329. The number of hydrogen-bond donors (Lipinski definition) is 0. The first-order chi connectivity index (χ1) is 16.5. The summed E-state index contributed by atoms with van der Waals surface area (Å²) in [7, 11) is 3.54.